The maximum Gasteiger partial charge on any atom is 0.253 e. The predicted octanol–water partition coefficient (Wildman–Crippen LogP) is 4.88. The lowest BCUT2D eigenvalue weighted by Gasteiger charge is -2.38. The number of aliphatic hydroxyl groups excluding tert-OH is 1. The minimum Gasteiger partial charge on any atom is -0.494 e. The van der Waals surface area contributed by atoms with Crippen LogP contribution in [0, 0.1) is 11.8 Å². The standard InChI is InChI=1S/C38H41N3O6/c1-3-37-19-9-22-39(28-15-17-30(18-16-28)46-4-2)34(43)31(37)32-35(44)41(21-7-8-24-42)33-36(45)40(23-10-20-38(32,33)47-37)29-14-13-26-11-5-6-12-27(26)25-29/h5-6,9-20,25,31-33,42H,3-4,7-8,21-24H2,1-2H3/t31-,32+,33?,37+,38+/m1/s1. The summed E-state index contributed by atoms with van der Waals surface area (Å²) in [7, 11) is 0. The number of amides is 3. The summed E-state index contributed by atoms with van der Waals surface area (Å²) in [5, 5.41) is 11.6. The van der Waals surface area contributed by atoms with Crippen LogP contribution in [0.25, 0.3) is 10.8 Å². The third kappa shape index (κ3) is 4.95. The summed E-state index contributed by atoms with van der Waals surface area (Å²) in [5.74, 6) is -1.75. The Morgan fingerprint density at radius 1 is 0.809 bits per heavy atom. The lowest BCUT2D eigenvalue weighted by molar-refractivity contribution is -0.145. The Hall–Kier alpha value is -4.47. The van der Waals surface area contributed by atoms with E-state index in [1.807, 2.05) is 105 Å². The normalized spacial score (nSPS) is 28.4. The highest BCUT2D eigenvalue weighted by Gasteiger charge is 2.75. The molecule has 3 amide bonds. The van der Waals surface area contributed by atoms with Gasteiger partial charge in [0.2, 0.25) is 11.8 Å². The second kappa shape index (κ2) is 12.3. The lowest BCUT2D eigenvalue weighted by Crippen LogP contribution is -2.56. The van der Waals surface area contributed by atoms with Gasteiger partial charge < -0.3 is 29.3 Å². The van der Waals surface area contributed by atoms with E-state index in [1.165, 1.54) is 0 Å². The first-order valence-electron chi connectivity index (χ1n) is 16.7. The summed E-state index contributed by atoms with van der Waals surface area (Å²) in [4.78, 5) is 49.4. The highest BCUT2D eigenvalue weighted by molar-refractivity contribution is 6.08. The molecule has 4 aliphatic heterocycles. The Morgan fingerprint density at radius 3 is 2.23 bits per heavy atom. The van der Waals surface area contributed by atoms with Crippen LogP contribution in [0.2, 0.25) is 0 Å². The van der Waals surface area contributed by atoms with Gasteiger partial charge in [-0.05, 0) is 73.4 Å². The molecule has 3 aromatic rings. The smallest absolute Gasteiger partial charge is 0.253 e. The summed E-state index contributed by atoms with van der Waals surface area (Å²) in [6, 6.07) is 20.4. The van der Waals surface area contributed by atoms with Gasteiger partial charge in [0.05, 0.1) is 24.0 Å². The van der Waals surface area contributed by atoms with Crippen LogP contribution in [-0.4, -0.2) is 77.8 Å². The van der Waals surface area contributed by atoms with E-state index in [2.05, 4.69) is 0 Å². The molecule has 0 bridgehead atoms. The molecule has 1 unspecified atom stereocenters. The second-order valence-corrected chi connectivity index (χ2v) is 12.7. The van der Waals surface area contributed by atoms with Crippen molar-refractivity contribution < 1.29 is 29.0 Å². The third-order valence-corrected chi connectivity index (χ3v) is 10.3. The number of carbonyl (C=O) groups excluding carboxylic acids is 3. The molecule has 5 atom stereocenters. The van der Waals surface area contributed by atoms with Crippen molar-refractivity contribution in [1.29, 1.82) is 0 Å². The van der Waals surface area contributed by atoms with Crippen LogP contribution in [0.4, 0.5) is 11.4 Å². The first-order chi connectivity index (χ1) is 22.9. The lowest BCUT2D eigenvalue weighted by atomic mass is 9.73. The first kappa shape index (κ1) is 31.1. The van der Waals surface area contributed by atoms with Gasteiger partial charge in [-0.1, -0.05) is 61.6 Å². The number of hydrogen-bond acceptors (Lipinski definition) is 6. The number of rotatable bonds is 9. The molecule has 0 radical (unpaired) electrons. The van der Waals surface area contributed by atoms with Gasteiger partial charge in [0.15, 0.2) is 0 Å². The minimum atomic E-state index is -1.35. The number of carbonyl (C=O) groups is 3. The van der Waals surface area contributed by atoms with Crippen molar-refractivity contribution in [1.82, 2.24) is 4.90 Å². The Labute approximate surface area is 275 Å². The van der Waals surface area contributed by atoms with Crippen LogP contribution < -0.4 is 14.5 Å². The molecule has 9 heteroatoms. The number of nitrogens with zero attached hydrogens (tertiary/aromatic N) is 3. The third-order valence-electron chi connectivity index (χ3n) is 10.3. The zero-order valence-corrected chi connectivity index (χ0v) is 26.9. The molecule has 2 fully saturated rings. The van der Waals surface area contributed by atoms with Crippen molar-refractivity contribution in [3.63, 3.8) is 0 Å². The van der Waals surface area contributed by atoms with Gasteiger partial charge in [-0.3, -0.25) is 14.4 Å². The number of benzene rings is 3. The van der Waals surface area contributed by atoms with Crippen molar-refractivity contribution in [2.45, 2.75) is 50.4 Å². The minimum absolute atomic E-state index is 0.0171. The molecule has 0 aliphatic carbocycles. The number of unbranched alkanes of at least 4 members (excludes halogenated alkanes) is 1. The van der Waals surface area contributed by atoms with Crippen LogP contribution in [0.5, 0.6) is 5.75 Å². The van der Waals surface area contributed by atoms with Crippen molar-refractivity contribution in [2.24, 2.45) is 11.8 Å². The molecule has 0 aromatic heterocycles. The van der Waals surface area contributed by atoms with E-state index in [0.29, 0.717) is 50.4 Å². The van der Waals surface area contributed by atoms with E-state index < -0.39 is 29.1 Å². The topological polar surface area (TPSA) is 99.6 Å². The predicted molar refractivity (Wildman–Crippen MR) is 180 cm³/mol. The fraction of sp³-hybridized carbons (Fsp3) is 0.395. The highest BCUT2D eigenvalue weighted by Crippen LogP contribution is 2.59. The van der Waals surface area contributed by atoms with Gasteiger partial charge in [0.1, 0.15) is 17.4 Å². The van der Waals surface area contributed by atoms with Gasteiger partial charge in [0.25, 0.3) is 5.91 Å². The average molecular weight is 636 g/mol. The molecule has 7 rings (SSSR count). The molecule has 47 heavy (non-hydrogen) atoms. The number of ether oxygens (including phenoxy) is 2. The molecule has 244 valence electrons. The first-order valence-corrected chi connectivity index (χ1v) is 16.7. The molecule has 0 saturated carbocycles. The Kier molecular flexibility index (Phi) is 8.14. The largest absolute Gasteiger partial charge is 0.494 e. The van der Waals surface area contributed by atoms with Crippen molar-refractivity contribution >= 4 is 39.9 Å². The van der Waals surface area contributed by atoms with Crippen molar-refractivity contribution in [2.75, 3.05) is 42.6 Å². The van der Waals surface area contributed by atoms with Gasteiger partial charge in [-0.15, -0.1) is 0 Å². The number of fused-ring (bicyclic) bond motifs is 3. The van der Waals surface area contributed by atoms with Crippen molar-refractivity contribution in [3.05, 3.63) is 91.0 Å². The van der Waals surface area contributed by atoms with E-state index in [0.717, 1.165) is 16.5 Å². The zero-order valence-electron chi connectivity index (χ0n) is 26.9. The maximum atomic E-state index is 14.8. The summed E-state index contributed by atoms with van der Waals surface area (Å²) in [6.45, 7) is 5.31. The summed E-state index contributed by atoms with van der Waals surface area (Å²) in [5.41, 5.74) is -0.985. The quantitative estimate of drug-likeness (QED) is 0.266. The van der Waals surface area contributed by atoms with Crippen LogP contribution in [0.3, 0.4) is 0 Å². The van der Waals surface area contributed by atoms with Gasteiger partial charge >= 0.3 is 0 Å². The summed E-state index contributed by atoms with van der Waals surface area (Å²) in [6.07, 6.45) is 9.15. The molecular weight excluding hydrogens is 594 g/mol. The van der Waals surface area contributed by atoms with Crippen LogP contribution in [0.15, 0.2) is 91.0 Å². The zero-order chi connectivity index (χ0) is 32.8. The molecule has 4 heterocycles. The molecule has 3 aromatic carbocycles. The summed E-state index contributed by atoms with van der Waals surface area (Å²) >= 11 is 0. The fourth-order valence-electron chi connectivity index (χ4n) is 8.09. The molecule has 1 spiro atoms. The maximum absolute atomic E-state index is 14.8. The number of hydrogen-bond donors (Lipinski definition) is 1. The van der Waals surface area contributed by atoms with Crippen LogP contribution in [-0.2, 0) is 19.1 Å². The number of aliphatic hydroxyl groups is 1. The van der Waals surface area contributed by atoms with E-state index in [9.17, 15) is 19.5 Å². The summed E-state index contributed by atoms with van der Waals surface area (Å²) < 4.78 is 12.7. The van der Waals surface area contributed by atoms with Crippen LogP contribution in [0.1, 0.15) is 33.1 Å². The molecule has 4 aliphatic rings. The Morgan fingerprint density at radius 2 is 1.51 bits per heavy atom. The Balaban J connectivity index is 1.31. The SMILES string of the molecule is CCOc1ccc(N2CC=C[C@]3(CC)O[C@]45C=CCN(c6ccc7ccccc7c6)C(=O)C4N(CCCCO)C(=O)[C@@H]5[C@@H]3C2=O)cc1. The molecule has 1 N–H and O–H groups in total. The fourth-order valence-corrected chi connectivity index (χ4v) is 8.09. The molecule has 9 nitrogen and oxygen atoms in total. The Bertz CT molecular complexity index is 1750. The van der Waals surface area contributed by atoms with Gasteiger partial charge in [0, 0.05) is 37.6 Å². The van der Waals surface area contributed by atoms with E-state index in [4.69, 9.17) is 9.47 Å². The average Bonchev–Trinajstić information content (AvgIpc) is 3.37. The van der Waals surface area contributed by atoms with E-state index >= 15 is 0 Å². The molecule has 2 saturated heterocycles. The van der Waals surface area contributed by atoms with E-state index in [-0.39, 0.29) is 30.9 Å². The van der Waals surface area contributed by atoms with Crippen molar-refractivity contribution in [3.8, 4) is 5.75 Å². The van der Waals surface area contributed by atoms with Gasteiger partial charge in [-0.25, -0.2) is 0 Å². The van der Waals surface area contributed by atoms with Gasteiger partial charge in [-0.2, -0.15) is 0 Å². The number of likely N-dealkylation sites (tertiary alicyclic amines) is 1. The molecular formula is C38H41N3O6. The highest BCUT2D eigenvalue weighted by atomic mass is 16.5. The number of anilines is 2. The van der Waals surface area contributed by atoms with E-state index in [1.54, 1.807) is 14.7 Å². The monoisotopic (exact) mass is 635 g/mol. The second-order valence-electron chi connectivity index (χ2n) is 12.7. The van der Waals surface area contributed by atoms with Crippen LogP contribution >= 0.6 is 0 Å².